The highest BCUT2D eigenvalue weighted by atomic mass is 35.5. The average Bonchev–Trinajstić information content (AvgIpc) is 2.84. The summed E-state index contributed by atoms with van der Waals surface area (Å²) in [6, 6.07) is 4.77. The van der Waals surface area contributed by atoms with Crippen molar-refractivity contribution in [2.45, 2.75) is 13.8 Å². The summed E-state index contributed by atoms with van der Waals surface area (Å²) < 4.78 is 5.19. The van der Waals surface area contributed by atoms with Crippen molar-refractivity contribution in [3.63, 3.8) is 0 Å². The van der Waals surface area contributed by atoms with Crippen molar-refractivity contribution in [1.82, 2.24) is 10.1 Å². The van der Waals surface area contributed by atoms with Crippen LogP contribution in [0, 0.1) is 0 Å². The molecule has 1 aromatic heterocycles. The molecule has 2 aromatic rings. The highest BCUT2D eigenvalue weighted by Gasteiger charge is 2.13. The minimum absolute atomic E-state index is 0.0314. The Balaban J connectivity index is 2.31. The Morgan fingerprint density at radius 1 is 1.33 bits per heavy atom. The van der Waals surface area contributed by atoms with Crippen molar-refractivity contribution >= 4 is 17.5 Å². The van der Waals surface area contributed by atoms with Crippen LogP contribution in [0.5, 0.6) is 5.75 Å². The summed E-state index contributed by atoms with van der Waals surface area (Å²) in [7, 11) is 0. The molecule has 1 heterocycles. The predicted molar refractivity (Wildman–Crippen MR) is 70.0 cm³/mol. The van der Waals surface area contributed by atoms with E-state index in [-0.39, 0.29) is 10.8 Å². The van der Waals surface area contributed by atoms with Crippen LogP contribution in [0.3, 0.4) is 0 Å². The molecule has 6 heteroatoms. The number of rotatable bonds is 4. The molecule has 2 rings (SSSR count). The molecule has 0 saturated heterocycles. The number of phenols is 1. The zero-order valence-corrected chi connectivity index (χ0v) is 11.0. The lowest BCUT2D eigenvalue weighted by Gasteiger charge is -2.14. The number of halogens is 1. The van der Waals surface area contributed by atoms with E-state index in [1.807, 2.05) is 18.7 Å². The second kappa shape index (κ2) is 5.27. The van der Waals surface area contributed by atoms with Crippen molar-refractivity contribution < 1.29 is 9.63 Å². The maximum Gasteiger partial charge on any atom is 0.266 e. The van der Waals surface area contributed by atoms with E-state index in [2.05, 4.69) is 10.1 Å². The molecule has 96 valence electrons. The van der Waals surface area contributed by atoms with Gasteiger partial charge in [-0.1, -0.05) is 11.6 Å². The summed E-state index contributed by atoms with van der Waals surface area (Å²) in [4.78, 5) is 6.28. The van der Waals surface area contributed by atoms with Crippen LogP contribution in [0.4, 0.5) is 5.95 Å². The van der Waals surface area contributed by atoms with Gasteiger partial charge in [-0.05, 0) is 37.2 Å². The Labute approximate surface area is 110 Å². The van der Waals surface area contributed by atoms with E-state index >= 15 is 0 Å². The van der Waals surface area contributed by atoms with Crippen LogP contribution < -0.4 is 4.90 Å². The number of phenolic OH excluding ortho intramolecular Hbond substituents is 1. The maximum absolute atomic E-state index is 9.35. The molecule has 0 saturated carbocycles. The van der Waals surface area contributed by atoms with Crippen molar-refractivity contribution in [2.75, 3.05) is 18.0 Å². The Bertz CT molecular complexity index is 538. The van der Waals surface area contributed by atoms with E-state index in [1.165, 1.54) is 6.07 Å². The van der Waals surface area contributed by atoms with E-state index in [4.69, 9.17) is 16.1 Å². The molecular weight excluding hydrogens is 254 g/mol. The number of aromatic nitrogens is 2. The normalized spacial score (nSPS) is 10.6. The fourth-order valence-electron chi connectivity index (χ4n) is 1.61. The van der Waals surface area contributed by atoms with E-state index in [1.54, 1.807) is 12.1 Å². The summed E-state index contributed by atoms with van der Waals surface area (Å²) in [5.41, 5.74) is 0.684. The minimum Gasteiger partial charge on any atom is -0.506 e. The Morgan fingerprint density at radius 3 is 2.67 bits per heavy atom. The van der Waals surface area contributed by atoms with E-state index in [0.29, 0.717) is 17.4 Å². The Kier molecular flexibility index (Phi) is 3.72. The van der Waals surface area contributed by atoms with Crippen LogP contribution in [-0.2, 0) is 0 Å². The first-order chi connectivity index (χ1) is 8.65. The number of hydrogen-bond acceptors (Lipinski definition) is 5. The van der Waals surface area contributed by atoms with E-state index in [9.17, 15) is 5.11 Å². The molecule has 0 aliphatic heterocycles. The first-order valence-electron chi connectivity index (χ1n) is 5.73. The lowest BCUT2D eigenvalue weighted by Crippen LogP contribution is -2.22. The Morgan fingerprint density at radius 2 is 2.06 bits per heavy atom. The summed E-state index contributed by atoms with van der Waals surface area (Å²) in [5, 5.41) is 13.5. The van der Waals surface area contributed by atoms with Crippen molar-refractivity contribution in [2.24, 2.45) is 0 Å². The summed E-state index contributed by atoms with van der Waals surface area (Å²) >= 11 is 5.84. The molecule has 0 unspecified atom stereocenters. The van der Waals surface area contributed by atoms with Gasteiger partial charge in [0.15, 0.2) is 0 Å². The maximum atomic E-state index is 9.35. The predicted octanol–water partition coefficient (Wildman–Crippen LogP) is 2.94. The topological polar surface area (TPSA) is 62.4 Å². The van der Waals surface area contributed by atoms with Crippen molar-refractivity contribution in [3.8, 4) is 17.2 Å². The second-order valence-corrected chi connectivity index (χ2v) is 4.15. The average molecular weight is 268 g/mol. The van der Waals surface area contributed by atoms with Gasteiger partial charge in [0.05, 0.1) is 5.02 Å². The highest BCUT2D eigenvalue weighted by Crippen LogP contribution is 2.29. The SMILES string of the molecule is CCN(CC)c1noc(-c2ccc(O)c(Cl)c2)n1. The third kappa shape index (κ3) is 2.41. The first kappa shape index (κ1) is 12.7. The zero-order chi connectivity index (χ0) is 13.1. The molecule has 0 bridgehead atoms. The molecule has 1 aromatic carbocycles. The molecule has 0 radical (unpaired) electrons. The second-order valence-electron chi connectivity index (χ2n) is 3.74. The highest BCUT2D eigenvalue weighted by molar-refractivity contribution is 6.32. The van der Waals surface area contributed by atoms with Gasteiger partial charge in [-0.2, -0.15) is 4.98 Å². The monoisotopic (exact) mass is 267 g/mol. The summed E-state index contributed by atoms with van der Waals surface area (Å²) in [6.45, 7) is 5.67. The third-order valence-electron chi connectivity index (χ3n) is 2.66. The molecule has 18 heavy (non-hydrogen) atoms. The van der Waals surface area contributed by atoms with Gasteiger partial charge in [-0.15, -0.1) is 0 Å². The minimum atomic E-state index is 0.0314. The van der Waals surface area contributed by atoms with Gasteiger partial charge in [0, 0.05) is 18.7 Å². The number of nitrogens with zero attached hydrogens (tertiary/aromatic N) is 3. The van der Waals surface area contributed by atoms with Gasteiger partial charge in [0.25, 0.3) is 11.8 Å². The molecule has 0 spiro atoms. The van der Waals surface area contributed by atoms with Gasteiger partial charge in [-0.3, -0.25) is 0 Å². The van der Waals surface area contributed by atoms with E-state index in [0.717, 1.165) is 13.1 Å². The fraction of sp³-hybridized carbons (Fsp3) is 0.333. The van der Waals surface area contributed by atoms with Gasteiger partial charge in [-0.25, -0.2) is 0 Å². The number of anilines is 1. The molecule has 1 N–H and O–H groups in total. The van der Waals surface area contributed by atoms with Gasteiger partial charge >= 0.3 is 0 Å². The van der Waals surface area contributed by atoms with Crippen LogP contribution in [0.15, 0.2) is 22.7 Å². The number of benzene rings is 1. The van der Waals surface area contributed by atoms with Crippen LogP contribution >= 0.6 is 11.6 Å². The summed E-state index contributed by atoms with van der Waals surface area (Å²) in [6.07, 6.45) is 0. The van der Waals surface area contributed by atoms with Gasteiger partial charge in [0.1, 0.15) is 5.75 Å². The first-order valence-corrected chi connectivity index (χ1v) is 6.11. The zero-order valence-electron chi connectivity index (χ0n) is 10.2. The number of aromatic hydroxyl groups is 1. The van der Waals surface area contributed by atoms with Crippen LogP contribution in [0.2, 0.25) is 5.02 Å². The Hall–Kier alpha value is -1.75. The molecule has 0 fully saturated rings. The fourth-order valence-corrected chi connectivity index (χ4v) is 1.79. The molecule has 0 aliphatic rings. The quantitative estimate of drug-likeness (QED) is 0.923. The van der Waals surface area contributed by atoms with Crippen LogP contribution in [0.25, 0.3) is 11.5 Å². The van der Waals surface area contributed by atoms with Crippen LogP contribution in [-0.4, -0.2) is 28.3 Å². The molecule has 0 atom stereocenters. The third-order valence-corrected chi connectivity index (χ3v) is 2.96. The number of hydrogen-bond donors (Lipinski definition) is 1. The van der Waals surface area contributed by atoms with Gasteiger partial charge in [0.2, 0.25) is 0 Å². The largest absolute Gasteiger partial charge is 0.506 e. The molecule has 0 amide bonds. The lowest BCUT2D eigenvalue weighted by molar-refractivity contribution is 0.429. The van der Waals surface area contributed by atoms with E-state index < -0.39 is 0 Å². The van der Waals surface area contributed by atoms with Crippen molar-refractivity contribution in [3.05, 3.63) is 23.2 Å². The van der Waals surface area contributed by atoms with Gasteiger partial charge < -0.3 is 14.5 Å². The van der Waals surface area contributed by atoms with Crippen molar-refractivity contribution in [1.29, 1.82) is 0 Å². The molecular formula is C12H14ClN3O2. The standard InChI is InChI=1S/C12H14ClN3O2/c1-3-16(4-2)12-14-11(18-15-12)8-5-6-10(17)9(13)7-8/h5-7,17H,3-4H2,1-2H3. The smallest absolute Gasteiger partial charge is 0.266 e. The summed E-state index contributed by atoms with van der Waals surface area (Å²) in [5.74, 6) is 0.974. The molecule has 5 nitrogen and oxygen atoms in total. The van der Waals surface area contributed by atoms with Crippen LogP contribution in [0.1, 0.15) is 13.8 Å². The lowest BCUT2D eigenvalue weighted by atomic mass is 10.2. The molecule has 0 aliphatic carbocycles.